The molecule has 2 heteroatoms. The highest BCUT2D eigenvalue weighted by molar-refractivity contribution is 5.70. The second kappa shape index (κ2) is 6.42. The summed E-state index contributed by atoms with van der Waals surface area (Å²) in [5.41, 5.74) is 7.04. The minimum Gasteiger partial charge on any atom is -0.384 e. The molecular weight excluding hydrogens is 258 g/mol. The molecule has 2 nitrogen and oxygen atoms in total. The summed E-state index contributed by atoms with van der Waals surface area (Å²) >= 11 is 0. The van der Waals surface area contributed by atoms with Gasteiger partial charge >= 0.3 is 0 Å². The number of fused-ring (bicyclic) bond motifs is 1. The SMILES string of the molecule is CNC1CCc2c(-c3ccc(CCOC)cc3)cccc21. The molecule has 21 heavy (non-hydrogen) atoms. The Morgan fingerprint density at radius 3 is 2.67 bits per heavy atom. The van der Waals surface area contributed by atoms with E-state index in [9.17, 15) is 0 Å². The van der Waals surface area contributed by atoms with E-state index in [1.165, 1.54) is 40.7 Å². The molecule has 0 saturated heterocycles. The highest BCUT2D eigenvalue weighted by Gasteiger charge is 2.23. The van der Waals surface area contributed by atoms with Gasteiger partial charge in [-0.15, -0.1) is 0 Å². The van der Waals surface area contributed by atoms with Gasteiger partial charge in [0, 0.05) is 13.2 Å². The second-order valence-corrected chi connectivity index (χ2v) is 5.69. The Morgan fingerprint density at radius 1 is 1.14 bits per heavy atom. The topological polar surface area (TPSA) is 21.3 Å². The zero-order valence-electron chi connectivity index (χ0n) is 12.9. The first-order valence-electron chi connectivity index (χ1n) is 7.71. The monoisotopic (exact) mass is 281 g/mol. The Morgan fingerprint density at radius 2 is 1.95 bits per heavy atom. The predicted octanol–water partition coefficient (Wildman–Crippen LogP) is 3.75. The van der Waals surface area contributed by atoms with Gasteiger partial charge in [0.25, 0.3) is 0 Å². The van der Waals surface area contributed by atoms with E-state index in [1.54, 1.807) is 7.11 Å². The number of rotatable bonds is 5. The van der Waals surface area contributed by atoms with Crippen molar-refractivity contribution in [2.75, 3.05) is 20.8 Å². The second-order valence-electron chi connectivity index (χ2n) is 5.69. The highest BCUT2D eigenvalue weighted by atomic mass is 16.5. The van der Waals surface area contributed by atoms with Crippen LogP contribution in [0.2, 0.25) is 0 Å². The molecule has 1 aliphatic carbocycles. The molecule has 0 heterocycles. The van der Waals surface area contributed by atoms with Crippen LogP contribution >= 0.6 is 0 Å². The first-order valence-corrected chi connectivity index (χ1v) is 7.71. The van der Waals surface area contributed by atoms with Gasteiger partial charge in [-0.3, -0.25) is 0 Å². The zero-order chi connectivity index (χ0) is 14.7. The third-order valence-electron chi connectivity index (χ3n) is 4.48. The Hall–Kier alpha value is -1.64. The van der Waals surface area contributed by atoms with E-state index in [2.05, 4.69) is 54.8 Å². The van der Waals surface area contributed by atoms with Crippen LogP contribution < -0.4 is 5.32 Å². The van der Waals surface area contributed by atoms with Crippen molar-refractivity contribution in [3.8, 4) is 11.1 Å². The van der Waals surface area contributed by atoms with Crippen LogP contribution in [0.15, 0.2) is 42.5 Å². The summed E-state index contributed by atoms with van der Waals surface area (Å²) < 4.78 is 5.14. The number of hydrogen-bond acceptors (Lipinski definition) is 2. The van der Waals surface area contributed by atoms with Crippen molar-refractivity contribution >= 4 is 0 Å². The molecule has 0 amide bonds. The van der Waals surface area contributed by atoms with Gasteiger partial charge < -0.3 is 10.1 Å². The van der Waals surface area contributed by atoms with Crippen molar-refractivity contribution < 1.29 is 4.74 Å². The van der Waals surface area contributed by atoms with Crippen LogP contribution in [0.25, 0.3) is 11.1 Å². The largest absolute Gasteiger partial charge is 0.384 e. The lowest BCUT2D eigenvalue weighted by atomic mass is 9.95. The van der Waals surface area contributed by atoms with E-state index in [0.717, 1.165) is 13.0 Å². The van der Waals surface area contributed by atoms with Crippen LogP contribution in [0.3, 0.4) is 0 Å². The standard InChI is InChI=1S/C19H23NO/c1-20-19-11-10-17-16(4-3-5-18(17)19)15-8-6-14(7-9-15)12-13-21-2/h3-9,19-20H,10-13H2,1-2H3. The molecule has 0 saturated carbocycles. The van der Waals surface area contributed by atoms with Crippen molar-refractivity contribution in [1.29, 1.82) is 0 Å². The van der Waals surface area contributed by atoms with Gasteiger partial charge in [-0.1, -0.05) is 42.5 Å². The maximum absolute atomic E-state index is 5.14. The summed E-state index contributed by atoms with van der Waals surface area (Å²) in [4.78, 5) is 0. The fraction of sp³-hybridized carbons (Fsp3) is 0.368. The van der Waals surface area contributed by atoms with Gasteiger partial charge in [0.1, 0.15) is 0 Å². The van der Waals surface area contributed by atoms with Crippen LogP contribution in [0.4, 0.5) is 0 Å². The van der Waals surface area contributed by atoms with Gasteiger partial charge in [0.05, 0.1) is 6.61 Å². The van der Waals surface area contributed by atoms with E-state index in [-0.39, 0.29) is 0 Å². The number of nitrogens with one attached hydrogen (secondary N) is 1. The van der Waals surface area contributed by atoms with E-state index in [0.29, 0.717) is 6.04 Å². The van der Waals surface area contributed by atoms with E-state index < -0.39 is 0 Å². The molecule has 0 bridgehead atoms. The average Bonchev–Trinajstić information content (AvgIpc) is 2.96. The molecule has 1 atom stereocenters. The predicted molar refractivity (Wildman–Crippen MR) is 87.6 cm³/mol. The smallest absolute Gasteiger partial charge is 0.0502 e. The molecule has 3 rings (SSSR count). The normalized spacial score (nSPS) is 17.0. The Kier molecular flexibility index (Phi) is 4.37. The fourth-order valence-electron chi connectivity index (χ4n) is 3.30. The van der Waals surface area contributed by atoms with Crippen molar-refractivity contribution in [3.05, 3.63) is 59.2 Å². The summed E-state index contributed by atoms with van der Waals surface area (Å²) in [5, 5.41) is 3.42. The Balaban J connectivity index is 1.89. The number of hydrogen-bond donors (Lipinski definition) is 1. The van der Waals surface area contributed by atoms with Crippen LogP contribution in [0, 0.1) is 0 Å². The van der Waals surface area contributed by atoms with Gasteiger partial charge in [-0.25, -0.2) is 0 Å². The van der Waals surface area contributed by atoms with Crippen molar-refractivity contribution in [2.24, 2.45) is 0 Å². The lowest BCUT2D eigenvalue weighted by Gasteiger charge is -2.12. The third-order valence-corrected chi connectivity index (χ3v) is 4.48. The minimum atomic E-state index is 0.515. The molecule has 110 valence electrons. The molecule has 0 radical (unpaired) electrons. The maximum Gasteiger partial charge on any atom is 0.0502 e. The molecule has 0 spiro atoms. The van der Waals surface area contributed by atoms with Crippen LogP contribution in [0.5, 0.6) is 0 Å². The zero-order valence-corrected chi connectivity index (χ0v) is 12.9. The van der Waals surface area contributed by atoms with Gasteiger partial charge in [0.15, 0.2) is 0 Å². The lowest BCUT2D eigenvalue weighted by molar-refractivity contribution is 0.202. The Labute approximate surface area is 127 Å². The molecular formula is C19H23NO. The quantitative estimate of drug-likeness (QED) is 0.901. The molecule has 0 fully saturated rings. The summed E-state index contributed by atoms with van der Waals surface area (Å²) in [6.07, 6.45) is 3.35. The lowest BCUT2D eigenvalue weighted by Crippen LogP contribution is -2.12. The minimum absolute atomic E-state index is 0.515. The maximum atomic E-state index is 5.14. The van der Waals surface area contributed by atoms with Crippen molar-refractivity contribution in [2.45, 2.75) is 25.3 Å². The number of ether oxygens (including phenoxy) is 1. The summed E-state index contributed by atoms with van der Waals surface area (Å²) in [6, 6.07) is 16.1. The molecule has 0 aromatic heterocycles. The van der Waals surface area contributed by atoms with Gasteiger partial charge in [-0.2, -0.15) is 0 Å². The van der Waals surface area contributed by atoms with Crippen molar-refractivity contribution in [1.82, 2.24) is 5.32 Å². The summed E-state index contributed by atoms with van der Waals surface area (Å²) in [7, 11) is 3.80. The Bertz CT molecular complexity index is 603. The molecule has 1 aliphatic rings. The van der Waals surface area contributed by atoms with Gasteiger partial charge in [-0.05, 0) is 54.1 Å². The molecule has 2 aromatic carbocycles. The van der Waals surface area contributed by atoms with Crippen molar-refractivity contribution in [3.63, 3.8) is 0 Å². The van der Waals surface area contributed by atoms with E-state index in [4.69, 9.17) is 4.74 Å². The highest BCUT2D eigenvalue weighted by Crippen LogP contribution is 2.37. The average molecular weight is 281 g/mol. The molecule has 0 aliphatic heterocycles. The van der Waals surface area contributed by atoms with Gasteiger partial charge in [0.2, 0.25) is 0 Å². The van der Waals surface area contributed by atoms with E-state index in [1.807, 2.05) is 0 Å². The first kappa shape index (κ1) is 14.3. The number of methoxy groups -OCH3 is 1. The molecule has 1 N–H and O–H groups in total. The summed E-state index contributed by atoms with van der Waals surface area (Å²) in [6.45, 7) is 0.782. The summed E-state index contributed by atoms with van der Waals surface area (Å²) in [5.74, 6) is 0. The van der Waals surface area contributed by atoms with Crippen LogP contribution in [0.1, 0.15) is 29.2 Å². The van der Waals surface area contributed by atoms with Crippen LogP contribution in [-0.2, 0) is 17.6 Å². The van der Waals surface area contributed by atoms with Crippen LogP contribution in [-0.4, -0.2) is 20.8 Å². The van der Waals surface area contributed by atoms with E-state index >= 15 is 0 Å². The molecule has 1 unspecified atom stereocenters. The third kappa shape index (κ3) is 2.87. The fourth-order valence-corrected chi connectivity index (χ4v) is 3.30. The first-order chi connectivity index (χ1) is 10.3. The molecule has 2 aromatic rings. The number of benzene rings is 2.